The molecule has 0 aliphatic rings. The van der Waals surface area contributed by atoms with Gasteiger partial charge in [-0.1, -0.05) is 66.7 Å². The first-order chi connectivity index (χ1) is 13.9. The highest BCUT2D eigenvalue weighted by Gasteiger charge is 2.13. The first-order valence-corrected chi connectivity index (χ1v) is 9.21. The van der Waals surface area contributed by atoms with Gasteiger partial charge in [0.25, 0.3) is 0 Å². The van der Waals surface area contributed by atoms with Crippen molar-refractivity contribution in [3.63, 3.8) is 0 Å². The van der Waals surface area contributed by atoms with E-state index in [9.17, 15) is 0 Å². The van der Waals surface area contributed by atoms with Gasteiger partial charge in [-0.2, -0.15) is 0 Å². The first-order valence-electron chi connectivity index (χ1n) is 9.21. The molecule has 5 rings (SSSR count). The van der Waals surface area contributed by atoms with Crippen LogP contribution in [-0.2, 0) is 0 Å². The van der Waals surface area contributed by atoms with E-state index in [4.69, 9.17) is 9.97 Å². The van der Waals surface area contributed by atoms with Crippen LogP contribution in [0.3, 0.4) is 0 Å². The van der Waals surface area contributed by atoms with Gasteiger partial charge in [-0.3, -0.25) is 4.98 Å². The van der Waals surface area contributed by atoms with E-state index in [0.717, 1.165) is 44.7 Å². The monoisotopic (exact) mass is 359 g/mol. The standard InChI is InChI=1S/C25H17N3/c1-2-8-18(9-3-1)24-25(28-23-14-5-4-13-22(23)27-24)20-11-6-10-19(16-20)21-12-7-15-26-17-21/h1-17H. The van der Waals surface area contributed by atoms with Crippen molar-refractivity contribution in [3.8, 4) is 33.6 Å². The van der Waals surface area contributed by atoms with Crippen LogP contribution in [-0.4, -0.2) is 15.0 Å². The molecule has 5 aromatic rings. The summed E-state index contributed by atoms with van der Waals surface area (Å²) in [7, 11) is 0. The number of fused-ring (bicyclic) bond motifs is 1. The van der Waals surface area contributed by atoms with Gasteiger partial charge in [-0.05, 0) is 29.8 Å². The minimum atomic E-state index is 0.885. The fraction of sp³-hybridized carbons (Fsp3) is 0. The Bertz CT molecular complexity index is 1250. The maximum atomic E-state index is 4.98. The van der Waals surface area contributed by atoms with Crippen molar-refractivity contribution in [2.24, 2.45) is 0 Å². The molecule has 132 valence electrons. The lowest BCUT2D eigenvalue weighted by Gasteiger charge is -2.11. The molecule has 0 bridgehead atoms. The van der Waals surface area contributed by atoms with E-state index in [1.54, 1.807) is 6.20 Å². The quantitative estimate of drug-likeness (QED) is 0.395. The molecule has 0 amide bonds. The van der Waals surface area contributed by atoms with Crippen molar-refractivity contribution in [1.29, 1.82) is 0 Å². The zero-order chi connectivity index (χ0) is 18.8. The van der Waals surface area contributed by atoms with Crippen LogP contribution in [0.2, 0.25) is 0 Å². The van der Waals surface area contributed by atoms with E-state index in [-0.39, 0.29) is 0 Å². The maximum absolute atomic E-state index is 4.98. The predicted molar refractivity (Wildman–Crippen MR) is 114 cm³/mol. The van der Waals surface area contributed by atoms with Crippen LogP contribution in [0.25, 0.3) is 44.7 Å². The molecule has 0 saturated carbocycles. The normalized spacial score (nSPS) is 10.9. The predicted octanol–water partition coefficient (Wildman–Crippen LogP) is 6.03. The Labute approximate surface area is 163 Å². The molecule has 3 heteroatoms. The van der Waals surface area contributed by atoms with Crippen LogP contribution < -0.4 is 0 Å². The number of rotatable bonds is 3. The average molecular weight is 359 g/mol. The second kappa shape index (κ2) is 7.05. The van der Waals surface area contributed by atoms with Crippen LogP contribution in [0.5, 0.6) is 0 Å². The van der Waals surface area contributed by atoms with Crippen LogP contribution >= 0.6 is 0 Å². The zero-order valence-corrected chi connectivity index (χ0v) is 15.2. The Morgan fingerprint density at radius 2 is 1.07 bits per heavy atom. The van der Waals surface area contributed by atoms with Crippen molar-refractivity contribution < 1.29 is 0 Å². The van der Waals surface area contributed by atoms with Crippen molar-refractivity contribution >= 4 is 11.0 Å². The Morgan fingerprint density at radius 1 is 0.464 bits per heavy atom. The SMILES string of the molecule is c1ccc(-c2nc3ccccc3nc2-c2cccc(-c3cccnc3)c2)cc1. The number of pyridine rings is 1. The second-order valence-corrected chi connectivity index (χ2v) is 6.60. The highest BCUT2D eigenvalue weighted by molar-refractivity contribution is 5.87. The Kier molecular flexibility index (Phi) is 4.11. The van der Waals surface area contributed by atoms with E-state index in [2.05, 4.69) is 47.4 Å². The molecule has 0 atom stereocenters. The van der Waals surface area contributed by atoms with Gasteiger partial charge in [0.15, 0.2) is 0 Å². The smallest absolute Gasteiger partial charge is 0.0973 e. The Balaban J connectivity index is 1.74. The third kappa shape index (κ3) is 3.03. The third-order valence-electron chi connectivity index (χ3n) is 4.75. The summed E-state index contributed by atoms with van der Waals surface area (Å²) in [6.45, 7) is 0. The molecule has 2 aromatic heterocycles. The number of nitrogens with zero attached hydrogens (tertiary/aromatic N) is 3. The molecule has 0 spiro atoms. The number of benzene rings is 3. The van der Waals surface area contributed by atoms with E-state index in [1.807, 2.05) is 54.7 Å². The Hall–Kier alpha value is -3.85. The molecular weight excluding hydrogens is 342 g/mol. The number of hydrogen-bond acceptors (Lipinski definition) is 3. The molecule has 3 aromatic carbocycles. The number of aromatic nitrogens is 3. The fourth-order valence-electron chi connectivity index (χ4n) is 3.38. The van der Waals surface area contributed by atoms with Gasteiger partial charge in [0, 0.05) is 29.1 Å². The zero-order valence-electron chi connectivity index (χ0n) is 15.2. The van der Waals surface area contributed by atoms with E-state index < -0.39 is 0 Å². The summed E-state index contributed by atoms with van der Waals surface area (Å²) >= 11 is 0. The molecule has 2 heterocycles. The maximum Gasteiger partial charge on any atom is 0.0973 e. The molecule has 0 saturated heterocycles. The molecule has 0 fully saturated rings. The van der Waals surface area contributed by atoms with Gasteiger partial charge in [0.05, 0.1) is 22.4 Å². The summed E-state index contributed by atoms with van der Waals surface area (Å²) in [6, 6.07) is 30.6. The molecule has 0 aliphatic heterocycles. The summed E-state index contributed by atoms with van der Waals surface area (Å²) in [5, 5.41) is 0. The number of para-hydroxylation sites is 2. The van der Waals surface area contributed by atoms with Crippen molar-refractivity contribution in [1.82, 2.24) is 15.0 Å². The van der Waals surface area contributed by atoms with Crippen LogP contribution in [0.1, 0.15) is 0 Å². The second-order valence-electron chi connectivity index (χ2n) is 6.60. The molecular formula is C25H17N3. The van der Waals surface area contributed by atoms with Gasteiger partial charge in [-0.15, -0.1) is 0 Å². The molecule has 0 radical (unpaired) electrons. The largest absolute Gasteiger partial charge is 0.264 e. The van der Waals surface area contributed by atoms with Gasteiger partial charge in [0.2, 0.25) is 0 Å². The minimum Gasteiger partial charge on any atom is -0.264 e. The lowest BCUT2D eigenvalue weighted by Crippen LogP contribution is -1.95. The Morgan fingerprint density at radius 3 is 1.79 bits per heavy atom. The molecule has 0 unspecified atom stereocenters. The highest BCUT2D eigenvalue weighted by Crippen LogP contribution is 2.32. The van der Waals surface area contributed by atoms with Gasteiger partial charge in [0.1, 0.15) is 0 Å². The summed E-state index contributed by atoms with van der Waals surface area (Å²) in [4.78, 5) is 14.2. The van der Waals surface area contributed by atoms with Gasteiger partial charge < -0.3 is 0 Å². The lowest BCUT2D eigenvalue weighted by atomic mass is 9.99. The average Bonchev–Trinajstić information content (AvgIpc) is 2.79. The van der Waals surface area contributed by atoms with Crippen LogP contribution in [0.15, 0.2) is 103 Å². The van der Waals surface area contributed by atoms with Crippen LogP contribution in [0.4, 0.5) is 0 Å². The third-order valence-corrected chi connectivity index (χ3v) is 4.75. The highest BCUT2D eigenvalue weighted by atomic mass is 14.8. The lowest BCUT2D eigenvalue weighted by molar-refractivity contribution is 1.29. The summed E-state index contributed by atoms with van der Waals surface area (Å²) in [5.74, 6) is 0. The van der Waals surface area contributed by atoms with E-state index in [1.165, 1.54) is 0 Å². The molecule has 3 nitrogen and oxygen atoms in total. The first kappa shape index (κ1) is 16.3. The van der Waals surface area contributed by atoms with E-state index >= 15 is 0 Å². The van der Waals surface area contributed by atoms with E-state index in [0.29, 0.717) is 0 Å². The molecule has 0 aliphatic carbocycles. The van der Waals surface area contributed by atoms with Gasteiger partial charge >= 0.3 is 0 Å². The van der Waals surface area contributed by atoms with Crippen LogP contribution in [0, 0.1) is 0 Å². The molecule has 0 N–H and O–H groups in total. The van der Waals surface area contributed by atoms with Crippen molar-refractivity contribution in [2.75, 3.05) is 0 Å². The minimum absolute atomic E-state index is 0.885. The summed E-state index contributed by atoms with van der Waals surface area (Å²) in [6.07, 6.45) is 3.67. The van der Waals surface area contributed by atoms with Crippen molar-refractivity contribution in [2.45, 2.75) is 0 Å². The molecule has 28 heavy (non-hydrogen) atoms. The summed E-state index contributed by atoms with van der Waals surface area (Å²) < 4.78 is 0. The van der Waals surface area contributed by atoms with Crippen molar-refractivity contribution in [3.05, 3.63) is 103 Å². The topological polar surface area (TPSA) is 38.7 Å². The summed E-state index contributed by atoms with van der Waals surface area (Å²) in [5.41, 5.74) is 7.86. The number of hydrogen-bond donors (Lipinski definition) is 0. The fourth-order valence-corrected chi connectivity index (χ4v) is 3.38. The van der Waals surface area contributed by atoms with Gasteiger partial charge in [-0.25, -0.2) is 9.97 Å².